The molecule has 0 N–H and O–H groups in total. The van der Waals surface area contributed by atoms with Gasteiger partial charge in [0.15, 0.2) is 0 Å². The van der Waals surface area contributed by atoms with E-state index in [1.54, 1.807) is 0 Å². The van der Waals surface area contributed by atoms with E-state index in [-0.39, 0.29) is 0 Å². The monoisotopic (exact) mass is 312 g/mol. The highest BCUT2D eigenvalue weighted by atomic mass is 15.1. The van der Waals surface area contributed by atoms with Crippen LogP contribution in [0.15, 0.2) is 24.3 Å². The van der Waals surface area contributed by atoms with Gasteiger partial charge in [0.25, 0.3) is 0 Å². The van der Waals surface area contributed by atoms with Crippen LogP contribution in [-0.2, 0) is 6.54 Å². The third-order valence-corrected chi connectivity index (χ3v) is 5.11. The molecule has 126 valence electrons. The SMILES string of the molecule is CCCCCCCCCCCn1c(C2CC2)nc2ccccc21. The van der Waals surface area contributed by atoms with Gasteiger partial charge in [-0.2, -0.15) is 0 Å². The Morgan fingerprint density at radius 2 is 1.57 bits per heavy atom. The standard InChI is InChI=1S/C21H32N2/c1-2-3-4-5-6-7-8-9-12-17-23-20-14-11-10-13-19(20)22-21(23)18-15-16-18/h10-11,13-14,18H,2-9,12,15-17H2,1H3. The first-order valence-electron chi connectivity index (χ1n) is 9.85. The van der Waals surface area contributed by atoms with Crippen molar-refractivity contribution in [1.29, 1.82) is 0 Å². The fourth-order valence-electron chi connectivity index (χ4n) is 3.56. The molecule has 1 saturated carbocycles. The van der Waals surface area contributed by atoms with Gasteiger partial charge >= 0.3 is 0 Å². The summed E-state index contributed by atoms with van der Waals surface area (Å²) in [5.41, 5.74) is 2.53. The van der Waals surface area contributed by atoms with Crippen LogP contribution in [0.5, 0.6) is 0 Å². The summed E-state index contributed by atoms with van der Waals surface area (Å²) in [6, 6.07) is 8.65. The molecule has 1 heterocycles. The number of aromatic nitrogens is 2. The second-order valence-corrected chi connectivity index (χ2v) is 7.21. The molecule has 0 amide bonds. The van der Waals surface area contributed by atoms with E-state index < -0.39 is 0 Å². The van der Waals surface area contributed by atoms with Crippen molar-refractivity contribution in [1.82, 2.24) is 9.55 Å². The zero-order chi connectivity index (χ0) is 15.9. The molecule has 2 nitrogen and oxygen atoms in total. The van der Waals surface area contributed by atoms with Crippen molar-refractivity contribution in [2.45, 2.75) is 90.0 Å². The molecule has 23 heavy (non-hydrogen) atoms. The van der Waals surface area contributed by atoms with Crippen molar-refractivity contribution < 1.29 is 0 Å². The van der Waals surface area contributed by atoms with Gasteiger partial charge in [0.1, 0.15) is 5.82 Å². The van der Waals surface area contributed by atoms with Gasteiger partial charge in [-0.05, 0) is 31.4 Å². The molecule has 3 rings (SSSR count). The largest absolute Gasteiger partial charge is 0.328 e. The van der Waals surface area contributed by atoms with Crippen LogP contribution in [0.3, 0.4) is 0 Å². The molecule has 1 fully saturated rings. The first-order chi connectivity index (χ1) is 11.4. The first-order valence-corrected chi connectivity index (χ1v) is 9.85. The van der Waals surface area contributed by atoms with Crippen LogP contribution in [0, 0.1) is 0 Å². The maximum absolute atomic E-state index is 4.89. The molecule has 1 aliphatic rings. The second-order valence-electron chi connectivity index (χ2n) is 7.21. The van der Waals surface area contributed by atoms with E-state index >= 15 is 0 Å². The molecule has 2 aromatic rings. The van der Waals surface area contributed by atoms with Gasteiger partial charge in [0.2, 0.25) is 0 Å². The molecule has 1 aromatic carbocycles. The van der Waals surface area contributed by atoms with E-state index in [1.807, 2.05) is 0 Å². The maximum atomic E-state index is 4.89. The fraction of sp³-hybridized carbons (Fsp3) is 0.667. The molecule has 0 spiro atoms. The fourth-order valence-corrected chi connectivity index (χ4v) is 3.56. The number of imidazole rings is 1. The van der Waals surface area contributed by atoms with Crippen LogP contribution in [0.4, 0.5) is 0 Å². The zero-order valence-corrected chi connectivity index (χ0v) is 14.8. The minimum absolute atomic E-state index is 0.737. The van der Waals surface area contributed by atoms with E-state index in [0.717, 1.165) is 12.5 Å². The number of unbranched alkanes of at least 4 members (excludes halogenated alkanes) is 8. The average molecular weight is 313 g/mol. The third kappa shape index (κ3) is 4.59. The van der Waals surface area contributed by atoms with E-state index in [1.165, 1.54) is 87.5 Å². The zero-order valence-electron chi connectivity index (χ0n) is 14.8. The summed E-state index contributed by atoms with van der Waals surface area (Å²) in [7, 11) is 0. The topological polar surface area (TPSA) is 17.8 Å². The Balaban J connectivity index is 1.43. The van der Waals surface area contributed by atoms with Gasteiger partial charge < -0.3 is 4.57 Å². The Bertz CT molecular complexity index is 595. The van der Waals surface area contributed by atoms with E-state index in [0.29, 0.717) is 0 Å². The number of hydrogen-bond acceptors (Lipinski definition) is 1. The van der Waals surface area contributed by atoms with Gasteiger partial charge in [0, 0.05) is 12.5 Å². The third-order valence-electron chi connectivity index (χ3n) is 5.11. The Morgan fingerprint density at radius 1 is 0.913 bits per heavy atom. The summed E-state index contributed by atoms with van der Waals surface area (Å²) >= 11 is 0. The minimum atomic E-state index is 0.737. The number of hydrogen-bond donors (Lipinski definition) is 0. The van der Waals surface area contributed by atoms with E-state index in [4.69, 9.17) is 4.98 Å². The number of aryl methyl sites for hydroxylation is 1. The molecule has 0 aliphatic heterocycles. The molecule has 2 heteroatoms. The number of benzene rings is 1. The first kappa shape index (κ1) is 16.5. The number of nitrogens with zero attached hydrogens (tertiary/aromatic N) is 2. The van der Waals surface area contributed by atoms with Gasteiger partial charge in [-0.15, -0.1) is 0 Å². The molecule has 0 atom stereocenters. The summed E-state index contributed by atoms with van der Waals surface area (Å²) in [5.74, 6) is 2.09. The Hall–Kier alpha value is -1.31. The molecular formula is C21H32N2. The predicted octanol–water partition coefficient (Wildman–Crippen LogP) is 6.44. The van der Waals surface area contributed by atoms with Gasteiger partial charge in [-0.25, -0.2) is 4.98 Å². The number of rotatable bonds is 11. The number of para-hydroxylation sites is 2. The summed E-state index contributed by atoms with van der Waals surface area (Å²) in [6.07, 6.45) is 15.2. The lowest BCUT2D eigenvalue weighted by Crippen LogP contribution is -2.03. The second kappa shape index (κ2) is 8.52. The predicted molar refractivity (Wildman–Crippen MR) is 98.9 cm³/mol. The molecule has 0 saturated heterocycles. The molecule has 1 aromatic heterocycles. The van der Waals surface area contributed by atoms with Gasteiger partial charge in [0.05, 0.1) is 11.0 Å². The normalized spacial score (nSPS) is 14.7. The van der Waals surface area contributed by atoms with Gasteiger partial charge in [-0.3, -0.25) is 0 Å². The highest BCUT2D eigenvalue weighted by Gasteiger charge is 2.29. The Labute approximate surface area is 141 Å². The van der Waals surface area contributed by atoms with Crippen molar-refractivity contribution in [3.8, 4) is 0 Å². The maximum Gasteiger partial charge on any atom is 0.112 e. The van der Waals surface area contributed by atoms with Crippen LogP contribution < -0.4 is 0 Å². The summed E-state index contributed by atoms with van der Waals surface area (Å²) in [4.78, 5) is 4.89. The lowest BCUT2D eigenvalue weighted by atomic mass is 10.1. The molecule has 0 radical (unpaired) electrons. The molecule has 0 bridgehead atoms. The van der Waals surface area contributed by atoms with Crippen LogP contribution >= 0.6 is 0 Å². The van der Waals surface area contributed by atoms with Gasteiger partial charge in [-0.1, -0.05) is 70.4 Å². The van der Waals surface area contributed by atoms with Crippen molar-refractivity contribution in [3.63, 3.8) is 0 Å². The lowest BCUT2D eigenvalue weighted by Gasteiger charge is -2.08. The van der Waals surface area contributed by atoms with Crippen LogP contribution in [0.25, 0.3) is 11.0 Å². The van der Waals surface area contributed by atoms with E-state index in [2.05, 4.69) is 35.8 Å². The van der Waals surface area contributed by atoms with Crippen molar-refractivity contribution in [2.24, 2.45) is 0 Å². The quantitative estimate of drug-likeness (QED) is 0.436. The van der Waals surface area contributed by atoms with Crippen LogP contribution in [0.1, 0.15) is 89.3 Å². The molecule has 0 unspecified atom stereocenters. The Morgan fingerprint density at radius 3 is 2.26 bits per heavy atom. The van der Waals surface area contributed by atoms with Crippen molar-refractivity contribution >= 4 is 11.0 Å². The van der Waals surface area contributed by atoms with E-state index in [9.17, 15) is 0 Å². The summed E-state index contributed by atoms with van der Waals surface area (Å²) in [5, 5.41) is 0. The highest BCUT2D eigenvalue weighted by molar-refractivity contribution is 5.76. The average Bonchev–Trinajstić information content (AvgIpc) is 3.35. The summed E-state index contributed by atoms with van der Waals surface area (Å²) in [6.45, 7) is 3.44. The van der Waals surface area contributed by atoms with Crippen molar-refractivity contribution in [3.05, 3.63) is 30.1 Å². The Kier molecular flexibility index (Phi) is 6.13. The highest BCUT2D eigenvalue weighted by Crippen LogP contribution is 2.40. The van der Waals surface area contributed by atoms with Crippen molar-refractivity contribution in [2.75, 3.05) is 0 Å². The summed E-state index contributed by atoms with van der Waals surface area (Å²) < 4.78 is 2.51. The van der Waals surface area contributed by atoms with Crippen LogP contribution in [0.2, 0.25) is 0 Å². The smallest absolute Gasteiger partial charge is 0.112 e. The lowest BCUT2D eigenvalue weighted by molar-refractivity contribution is 0.536. The number of fused-ring (bicyclic) bond motifs is 1. The molecular weight excluding hydrogens is 280 g/mol. The minimum Gasteiger partial charge on any atom is -0.328 e. The molecule has 1 aliphatic carbocycles. The van der Waals surface area contributed by atoms with Crippen LogP contribution in [-0.4, -0.2) is 9.55 Å².